The summed E-state index contributed by atoms with van der Waals surface area (Å²) in [6.45, 7) is 2.61. The summed E-state index contributed by atoms with van der Waals surface area (Å²) in [5.41, 5.74) is 2.14. The van der Waals surface area contributed by atoms with Crippen LogP contribution in [0.1, 0.15) is 49.7 Å². The SMILES string of the molecule is CC1CCC(c2ccc(OCc3ccc(OC(F)(F)F)cc3)cc2)CC1. The van der Waals surface area contributed by atoms with Crippen LogP contribution in [0.4, 0.5) is 13.2 Å². The molecule has 0 saturated heterocycles. The summed E-state index contributed by atoms with van der Waals surface area (Å²) in [4.78, 5) is 0. The van der Waals surface area contributed by atoms with E-state index in [9.17, 15) is 13.2 Å². The minimum atomic E-state index is -4.67. The molecule has 1 aliphatic carbocycles. The van der Waals surface area contributed by atoms with Crippen molar-refractivity contribution in [3.63, 3.8) is 0 Å². The molecule has 26 heavy (non-hydrogen) atoms. The topological polar surface area (TPSA) is 18.5 Å². The zero-order valence-corrected chi connectivity index (χ0v) is 14.8. The number of rotatable bonds is 5. The summed E-state index contributed by atoms with van der Waals surface area (Å²) < 4.78 is 46.0. The van der Waals surface area contributed by atoms with Gasteiger partial charge in [0, 0.05) is 0 Å². The monoisotopic (exact) mass is 364 g/mol. The van der Waals surface area contributed by atoms with Crippen molar-refractivity contribution in [2.24, 2.45) is 5.92 Å². The normalized spacial score (nSPS) is 20.6. The van der Waals surface area contributed by atoms with Crippen molar-refractivity contribution in [1.29, 1.82) is 0 Å². The first-order valence-corrected chi connectivity index (χ1v) is 8.96. The van der Waals surface area contributed by atoms with E-state index in [1.165, 1.54) is 43.4 Å². The van der Waals surface area contributed by atoms with Crippen molar-refractivity contribution >= 4 is 0 Å². The Morgan fingerprint density at radius 1 is 0.846 bits per heavy atom. The number of hydrogen-bond acceptors (Lipinski definition) is 2. The third kappa shape index (κ3) is 5.41. The van der Waals surface area contributed by atoms with E-state index < -0.39 is 6.36 Å². The van der Waals surface area contributed by atoms with Gasteiger partial charge in [0.25, 0.3) is 0 Å². The molecular weight excluding hydrogens is 341 g/mol. The molecule has 1 saturated carbocycles. The predicted molar refractivity (Wildman–Crippen MR) is 94.3 cm³/mol. The molecule has 3 rings (SSSR count). The quantitative estimate of drug-likeness (QED) is 0.606. The maximum atomic E-state index is 12.2. The molecule has 2 aromatic carbocycles. The second-order valence-electron chi connectivity index (χ2n) is 7.01. The summed E-state index contributed by atoms with van der Waals surface area (Å²) in [6, 6.07) is 13.9. The molecule has 0 heterocycles. The third-order valence-corrected chi connectivity index (χ3v) is 4.93. The fourth-order valence-corrected chi connectivity index (χ4v) is 3.38. The third-order valence-electron chi connectivity index (χ3n) is 4.93. The van der Waals surface area contributed by atoms with Gasteiger partial charge in [0.05, 0.1) is 0 Å². The van der Waals surface area contributed by atoms with E-state index >= 15 is 0 Å². The van der Waals surface area contributed by atoms with Crippen LogP contribution in [0, 0.1) is 5.92 Å². The van der Waals surface area contributed by atoms with Gasteiger partial charge in [-0.2, -0.15) is 0 Å². The van der Waals surface area contributed by atoms with Gasteiger partial charge in [0.15, 0.2) is 0 Å². The molecular formula is C21H23F3O2. The first-order valence-electron chi connectivity index (χ1n) is 8.96. The van der Waals surface area contributed by atoms with Gasteiger partial charge in [-0.3, -0.25) is 0 Å². The number of halogens is 3. The molecule has 0 bridgehead atoms. The van der Waals surface area contributed by atoms with E-state index in [0.29, 0.717) is 12.5 Å². The lowest BCUT2D eigenvalue weighted by Crippen LogP contribution is -2.17. The van der Waals surface area contributed by atoms with Crippen LogP contribution < -0.4 is 9.47 Å². The maximum Gasteiger partial charge on any atom is 0.573 e. The van der Waals surface area contributed by atoms with Crippen molar-refractivity contribution in [2.45, 2.75) is 51.5 Å². The standard InChI is InChI=1S/C21H23F3O2/c1-15-2-6-17(7-3-15)18-8-12-19(13-9-18)25-14-16-4-10-20(11-5-16)26-21(22,23)24/h4-5,8-13,15,17H,2-3,6-7,14H2,1H3. The van der Waals surface area contributed by atoms with Gasteiger partial charge >= 0.3 is 6.36 Å². The summed E-state index contributed by atoms with van der Waals surface area (Å²) in [5.74, 6) is 2.00. The number of benzene rings is 2. The summed E-state index contributed by atoms with van der Waals surface area (Å²) >= 11 is 0. The highest BCUT2D eigenvalue weighted by atomic mass is 19.4. The average Bonchev–Trinajstić information content (AvgIpc) is 2.61. The van der Waals surface area contributed by atoms with E-state index in [0.717, 1.165) is 17.2 Å². The number of hydrogen-bond donors (Lipinski definition) is 0. The van der Waals surface area contributed by atoms with Gasteiger partial charge in [-0.25, -0.2) is 0 Å². The fourth-order valence-electron chi connectivity index (χ4n) is 3.38. The van der Waals surface area contributed by atoms with Gasteiger partial charge in [-0.05, 0) is 60.1 Å². The van der Waals surface area contributed by atoms with Crippen LogP contribution in [0.2, 0.25) is 0 Å². The smallest absolute Gasteiger partial charge is 0.489 e. The first-order chi connectivity index (χ1) is 12.4. The molecule has 0 aromatic heterocycles. The highest BCUT2D eigenvalue weighted by Gasteiger charge is 2.30. The Morgan fingerprint density at radius 2 is 1.42 bits per heavy atom. The van der Waals surface area contributed by atoms with E-state index in [-0.39, 0.29) is 5.75 Å². The van der Waals surface area contributed by atoms with Gasteiger partial charge in [0.1, 0.15) is 18.1 Å². The van der Waals surface area contributed by atoms with Crippen LogP contribution in [0.15, 0.2) is 48.5 Å². The van der Waals surface area contributed by atoms with Crippen LogP contribution in [0.3, 0.4) is 0 Å². The Morgan fingerprint density at radius 3 is 2.00 bits per heavy atom. The van der Waals surface area contributed by atoms with Crippen molar-refractivity contribution in [3.05, 3.63) is 59.7 Å². The zero-order valence-electron chi connectivity index (χ0n) is 14.8. The summed E-state index contributed by atoms with van der Waals surface area (Å²) in [7, 11) is 0. The van der Waals surface area contributed by atoms with Crippen molar-refractivity contribution in [2.75, 3.05) is 0 Å². The molecule has 0 unspecified atom stereocenters. The Bertz CT molecular complexity index is 685. The predicted octanol–water partition coefficient (Wildman–Crippen LogP) is 6.46. The largest absolute Gasteiger partial charge is 0.573 e. The molecule has 1 fully saturated rings. The zero-order chi connectivity index (χ0) is 18.6. The lowest BCUT2D eigenvalue weighted by molar-refractivity contribution is -0.274. The highest BCUT2D eigenvalue weighted by molar-refractivity contribution is 5.31. The molecule has 0 radical (unpaired) electrons. The van der Waals surface area contributed by atoms with Crippen LogP contribution in [-0.4, -0.2) is 6.36 Å². The Balaban J connectivity index is 1.52. The number of alkyl halides is 3. The lowest BCUT2D eigenvalue weighted by atomic mass is 9.79. The van der Waals surface area contributed by atoms with Crippen LogP contribution in [-0.2, 0) is 6.61 Å². The molecule has 2 nitrogen and oxygen atoms in total. The van der Waals surface area contributed by atoms with Gasteiger partial charge in [-0.1, -0.05) is 44.0 Å². The molecule has 0 spiro atoms. The molecule has 140 valence electrons. The molecule has 0 N–H and O–H groups in total. The Hall–Kier alpha value is -2.17. The van der Waals surface area contributed by atoms with Gasteiger partial charge in [-0.15, -0.1) is 13.2 Å². The van der Waals surface area contributed by atoms with Crippen LogP contribution in [0.25, 0.3) is 0 Å². The first kappa shape index (κ1) is 18.6. The van der Waals surface area contributed by atoms with Crippen molar-refractivity contribution in [3.8, 4) is 11.5 Å². The fraction of sp³-hybridized carbons (Fsp3) is 0.429. The molecule has 0 amide bonds. The van der Waals surface area contributed by atoms with Crippen molar-refractivity contribution < 1.29 is 22.6 Å². The molecule has 0 aliphatic heterocycles. The van der Waals surface area contributed by atoms with Crippen LogP contribution in [0.5, 0.6) is 11.5 Å². The van der Waals surface area contributed by atoms with Gasteiger partial charge in [0.2, 0.25) is 0 Å². The van der Waals surface area contributed by atoms with E-state index in [1.54, 1.807) is 12.1 Å². The second-order valence-corrected chi connectivity index (χ2v) is 7.01. The minimum Gasteiger partial charge on any atom is -0.489 e. The Kier molecular flexibility index (Phi) is 5.74. The summed E-state index contributed by atoms with van der Waals surface area (Å²) in [5, 5.41) is 0. The molecule has 0 atom stereocenters. The van der Waals surface area contributed by atoms with E-state index in [2.05, 4.69) is 23.8 Å². The van der Waals surface area contributed by atoms with Crippen molar-refractivity contribution in [1.82, 2.24) is 0 Å². The highest BCUT2D eigenvalue weighted by Crippen LogP contribution is 2.36. The lowest BCUT2D eigenvalue weighted by Gasteiger charge is -2.26. The number of ether oxygens (including phenoxy) is 2. The van der Waals surface area contributed by atoms with Crippen LogP contribution >= 0.6 is 0 Å². The minimum absolute atomic E-state index is 0.229. The molecule has 2 aromatic rings. The molecule has 1 aliphatic rings. The Labute approximate surface area is 151 Å². The second kappa shape index (κ2) is 8.02. The van der Waals surface area contributed by atoms with E-state index in [4.69, 9.17) is 4.74 Å². The van der Waals surface area contributed by atoms with E-state index in [1.807, 2.05) is 12.1 Å². The molecule has 5 heteroatoms. The maximum absolute atomic E-state index is 12.2. The van der Waals surface area contributed by atoms with Gasteiger partial charge < -0.3 is 9.47 Å². The summed E-state index contributed by atoms with van der Waals surface area (Å²) in [6.07, 6.45) is 0.394. The average molecular weight is 364 g/mol.